The van der Waals surface area contributed by atoms with Crippen molar-refractivity contribution in [3.8, 4) is 22.5 Å². The molecule has 4 aromatic rings. The van der Waals surface area contributed by atoms with Gasteiger partial charge in [0.1, 0.15) is 0 Å². The Kier molecular flexibility index (Phi) is 5.48. The SMILES string of the molecule is Cc1scc(-c2nnc(SCc3cccc(Br)c3)n2C)c1-c1ccccc1. The predicted octanol–water partition coefficient (Wildman–Crippen LogP) is 6.57. The summed E-state index contributed by atoms with van der Waals surface area (Å²) in [6.45, 7) is 2.16. The van der Waals surface area contributed by atoms with Gasteiger partial charge in [0.2, 0.25) is 0 Å². The average Bonchev–Trinajstić information content (AvgIpc) is 3.23. The minimum Gasteiger partial charge on any atom is -0.305 e. The Morgan fingerprint density at radius 3 is 2.67 bits per heavy atom. The second-order valence-electron chi connectivity index (χ2n) is 6.23. The van der Waals surface area contributed by atoms with Crippen molar-refractivity contribution in [2.24, 2.45) is 7.05 Å². The molecule has 0 bridgehead atoms. The zero-order chi connectivity index (χ0) is 18.8. The zero-order valence-electron chi connectivity index (χ0n) is 15.0. The van der Waals surface area contributed by atoms with E-state index in [4.69, 9.17) is 0 Å². The van der Waals surface area contributed by atoms with Crippen molar-refractivity contribution in [2.75, 3.05) is 0 Å². The molecule has 0 aliphatic carbocycles. The Labute approximate surface area is 175 Å². The third-order valence-corrected chi connectivity index (χ3v) is 6.87. The number of nitrogens with zero attached hydrogens (tertiary/aromatic N) is 3. The van der Waals surface area contributed by atoms with Gasteiger partial charge in [-0.15, -0.1) is 21.5 Å². The first-order valence-corrected chi connectivity index (χ1v) is 11.2. The predicted molar refractivity (Wildman–Crippen MR) is 118 cm³/mol. The highest BCUT2D eigenvalue weighted by molar-refractivity contribution is 9.10. The van der Waals surface area contributed by atoms with Crippen LogP contribution in [-0.2, 0) is 12.8 Å². The Hall–Kier alpha value is -1.89. The molecular weight excluding hydrogens is 438 g/mol. The van der Waals surface area contributed by atoms with E-state index in [9.17, 15) is 0 Å². The van der Waals surface area contributed by atoms with Crippen molar-refractivity contribution in [3.05, 3.63) is 74.9 Å². The summed E-state index contributed by atoms with van der Waals surface area (Å²) in [5.41, 5.74) is 4.88. The minimum absolute atomic E-state index is 0.861. The number of thiophene rings is 1. The van der Waals surface area contributed by atoms with Gasteiger partial charge < -0.3 is 4.57 Å². The molecule has 6 heteroatoms. The first kappa shape index (κ1) is 18.5. The average molecular weight is 456 g/mol. The van der Waals surface area contributed by atoms with Crippen molar-refractivity contribution in [3.63, 3.8) is 0 Å². The van der Waals surface area contributed by atoms with Crippen LogP contribution >= 0.6 is 39.0 Å². The highest BCUT2D eigenvalue weighted by Crippen LogP contribution is 2.38. The van der Waals surface area contributed by atoms with Crippen LogP contribution in [0.15, 0.2) is 69.6 Å². The third-order valence-electron chi connectivity index (χ3n) is 4.37. The number of aryl methyl sites for hydroxylation is 1. The molecular formula is C21H18BrN3S2. The van der Waals surface area contributed by atoms with Gasteiger partial charge in [0.15, 0.2) is 11.0 Å². The third kappa shape index (κ3) is 3.88. The summed E-state index contributed by atoms with van der Waals surface area (Å²) in [5, 5.41) is 12.1. The fraction of sp³-hybridized carbons (Fsp3) is 0.143. The quantitative estimate of drug-likeness (QED) is 0.318. The van der Waals surface area contributed by atoms with Gasteiger partial charge in [0.05, 0.1) is 0 Å². The lowest BCUT2D eigenvalue weighted by atomic mass is 10.0. The van der Waals surface area contributed by atoms with Crippen LogP contribution in [0.5, 0.6) is 0 Å². The van der Waals surface area contributed by atoms with Crippen LogP contribution in [0.1, 0.15) is 10.4 Å². The number of halogens is 1. The Morgan fingerprint density at radius 1 is 1.07 bits per heavy atom. The van der Waals surface area contributed by atoms with Crippen LogP contribution in [0, 0.1) is 6.92 Å². The maximum absolute atomic E-state index is 4.50. The molecule has 0 fully saturated rings. The van der Waals surface area contributed by atoms with E-state index in [2.05, 4.69) is 85.5 Å². The molecule has 2 aromatic heterocycles. The molecule has 2 heterocycles. The summed E-state index contributed by atoms with van der Waals surface area (Å²) in [5.74, 6) is 1.77. The van der Waals surface area contributed by atoms with Gasteiger partial charge >= 0.3 is 0 Å². The summed E-state index contributed by atoms with van der Waals surface area (Å²) in [4.78, 5) is 1.29. The van der Waals surface area contributed by atoms with Crippen molar-refractivity contribution in [1.82, 2.24) is 14.8 Å². The molecule has 27 heavy (non-hydrogen) atoms. The highest BCUT2D eigenvalue weighted by Gasteiger charge is 2.18. The Bertz CT molecular complexity index is 1070. The molecule has 0 aliphatic heterocycles. The normalized spacial score (nSPS) is 11.1. The van der Waals surface area contributed by atoms with Gasteiger partial charge in [-0.3, -0.25) is 0 Å². The van der Waals surface area contributed by atoms with E-state index in [1.807, 2.05) is 19.2 Å². The van der Waals surface area contributed by atoms with Gasteiger partial charge in [-0.1, -0.05) is 70.2 Å². The summed E-state index contributed by atoms with van der Waals surface area (Å²) in [6, 6.07) is 18.9. The van der Waals surface area contributed by atoms with Crippen LogP contribution in [0.3, 0.4) is 0 Å². The van der Waals surface area contributed by atoms with Gasteiger partial charge in [0, 0.05) is 38.7 Å². The number of hydrogen-bond donors (Lipinski definition) is 0. The molecule has 136 valence electrons. The summed E-state index contributed by atoms with van der Waals surface area (Å²) >= 11 is 6.99. The van der Waals surface area contributed by atoms with Crippen molar-refractivity contribution in [1.29, 1.82) is 0 Å². The maximum Gasteiger partial charge on any atom is 0.191 e. The second-order valence-corrected chi connectivity index (χ2v) is 9.17. The molecule has 0 unspecified atom stereocenters. The minimum atomic E-state index is 0.861. The van der Waals surface area contributed by atoms with Crippen LogP contribution in [-0.4, -0.2) is 14.8 Å². The van der Waals surface area contributed by atoms with E-state index in [1.54, 1.807) is 23.1 Å². The molecule has 3 nitrogen and oxygen atoms in total. The number of rotatable bonds is 5. The van der Waals surface area contributed by atoms with Gasteiger partial charge in [-0.25, -0.2) is 0 Å². The molecule has 0 radical (unpaired) electrons. The number of hydrogen-bond acceptors (Lipinski definition) is 4. The first-order chi connectivity index (χ1) is 13.1. The number of thioether (sulfide) groups is 1. The topological polar surface area (TPSA) is 30.7 Å². The van der Waals surface area contributed by atoms with Gasteiger partial charge in [0.25, 0.3) is 0 Å². The second kappa shape index (κ2) is 8.00. The van der Waals surface area contributed by atoms with E-state index in [0.717, 1.165) is 26.8 Å². The number of aromatic nitrogens is 3. The molecule has 0 spiro atoms. The lowest BCUT2D eigenvalue weighted by Crippen LogP contribution is -1.95. The molecule has 0 saturated carbocycles. The monoisotopic (exact) mass is 455 g/mol. The van der Waals surface area contributed by atoms with Crippen LogP contribution < -0.4 is 0 Å². The van der Waals surface area contributed by atoms with E-state index in [1.165, 1.54) is 21.6 Å². The van der Waals surface area contributed by atoms with Crippen LogP contribution in [0.2, 0.25) is 0 Å². The highest BCUT2D eigenvalue weighted by atomic mass is 79.9. The largest absolute Gasteiger partial charge is 0.305 e. The molecule has 0 atom stereocenters. The van der Waals surface area contributed by atoms with Crippen LogP contribution in [0.25, 0.3) is 22.5 Å². The fourth-order valence-corrected chi connectivity index (χ4v) is 5.20. The molecule has 0 aliphatic rings. The lowest BCUT2D eigenvalue weighted by molar-refractivity contribution is 0.794. The van der Waals surface area contributed by atoms with E-state index in [-0.39, 0.29) is 0 Å². The lowest BCUT2D eigenvalue weighted by Gasteiger charge is -2.07. The maximum atomic E-state index is 4.50. The number of benzene rings is 2. The van der Waals surface area contributed by atoms with Gasteiger partial charge in [-0.05, 0) is 30.2 Å². The Morgan fingerprint density at radius 2 is 1.89 bits per heavy atom. The van der Waals surface area contributed by atoms with Gasteiger partial charge in [-0.2, -0.15) is 0 Å². The fourth-order valence-electron chi connectivity index (χ4n) is 3.03. The zero-order valence-corrected chi connectivity index (χ0v) is 18.2. The first-order valence-electron chi connectivity index (χ1n) is 8.54. The van der Waals surface area contributed by atoms with Crippen molar-refractivity contribution in [2.45, 2.75) is 17.8 Å². The summed E-state index contributed by atoms with van der Waals surface area (Å²) in [6.07, 6.45) is 0. The molecule has 0 N–H and O–H groups in total. The molecule has 4 rings (SSSR count). The summed E-state index contributed by atoms with van der Waals surface area (Å²) in [7, 11) is 2.04. The molecule has 2 aromatic carbocycles. The van der Waals surface area contributed by atoms with E-state index in [0.29, 0.717) is 0 Å². The van der Waals surface area contributed by atoms with Crippen molar-refractivity contribution < 1.29 is 0 Å². The Balaban J connectivity index is 1.64. The standard InChI is InChI=1S/C21H18BrN3S2/c1-14-19(16-8-4-3-5-9-16)18(13-26-14)20-23-24-21(25(20)2)27-12-15-7-6-10-17(22)11-15/h3-11,13H,12H2,1-2H3. The van der Waals surface area contributed by atoms with E-state index < -0.39 is 0 Å². The smallest absolute Gasteiger partial charge is 0.191 e. The molecule has 0 amide bonds. The van der Waals surface area contributed by atoms with Crippen molar-refractivity contribution >= 4 is 39.0 Å². The summed E-state index contributed by atoms with van der Waals surface area (Å²) < 4.78 is 3.19. The van der Waals surface area contributed by atoms with Crippen LogP contribution in [0.4, 0.5) is 0 Å². The molecule has 0 saturated heterocycles. The van der Waals surface area contributed by atoms with E-state index >= 15 is 0 Å².